The third-order valence-corrected chi connectivity index (χ3v) is 2.89. The van der Waals surface area contributed by atoms with Crippen LogP contribution in [0.5, 0.6) is 5.75 Å². The molecule has 0 spiro atoms. The summed E-state index contributed by atoms with van der Waals surface area (Å²) in [6.07, 6.45) is 4.74. The number of para-hydroxylation sites is 2. The fourth-order valence-corrected chi connectivity index (χ4v) is 1.91. The van der Waals surface area contributed by atoms with Crippen LogP contribution < -0.4 is 10.1 Å². The molecule has 1 aromatic rings. The van der Waals surface area contributed by atoms with Crippen molar-refractivity contribution in [1.82, 2.24) is 4.90 Å². The van der Waals surface area contributed by atoms with Gasteiger partial charge in [-0.1, -0.05) is 18.1 Å². The number of hydrogen-bond acceptors (Lipinski definition) is 3. The molecule has 0 saturated heterocycles. The third-order valence-electron chi connectivity index (χ3n) is 2.89. The van der Waals surface area contributed by atoms with E-state index in [4.69, 9.17) is 11.2 Å². The first-order valence-corrected chi connectivity index (χ1v) is 5.98. The van der Waals surface area contributed by atoms with Crippen LogP contribution in [0.25, 0.3) is 0 Å². The van der Waals surface area contributed by atoms with Crippen molar-refractivity contribution >= 4 is 11.6 Å². The number of carbonyl (C=O) groups excluding carboxylic acids is 1. The van der Waals surface area contributed by atoms with Crippen LogP contribution in [0.3, 0.4) is 0 Å². The van der Waals surface area contributed by atoms with Gasteiger partial charge in [-0.15, -0.1) is 6.42 Å². The van der Waals surface area contributed by atoms with Crippen LogP contribution in [0, 0.1) is 12.3 Å². The lowest BCUT2D eigenvalue weighted by molar-refractivity contribution is -0.137. The van der Waals surface area contributed by atoms with Crippen LogP contribution in [0.2, 0.25) is 0 Å². The van der Waals surface area contributed by atoms with E-state index in [1.54, 1.807) is 4.90 Å². The Labute approximate surface area is 107 Å². The Hall–Kier alpha value is -2.15. The van der Waals surface area contributed by atoms with E-state index in [9.17, 15) is 4.79 Å². The Balaban J connectivity index is 2.09. The minimum Gasteiger partial charge on any atom is -0.477 e. The molecule has 1 N–H and O–H groups in total. The van der Waals surface area contributed by atoms with Crippen molar-refractivity contribution in [3.8, 4) is 18.1 Å². The van der Waals surface area contributed by atoms with Crippen molar-refractivity contribution < 1.29 is 9.53 Å². The molecule has 0 radical (unpaired) electrons. The Morgan fingerprint density at radius 1 is 1.61 bits per heavy atom. The summed E-state index contributed by atoms with van der Waals surface area (Å²) >= 11 is 0. The lowest BCUT2D eigenvalue weighted by Crippen LogP contribution is -2.47. The first kappa shape index (κ1) is 12.3. The van der Waals surface area contributed by atoms with Crippen molar-refractivity contribution in [3.05, 3.63) is 24.3 Å². The molecule has 1 aliphatic rings. The molecule has 1 amide bonds. The number of nitrogens with zero attached hydrogens (tertiary/aromatic N) is 1. The largest absolute Gasteiger partial charge is 0.477 e. The standard InChI is InChI=1S/C14H16N2O2/c1-3-9-16(4-2)14(17)13-10-15-11-7-5-6-8-12(11)18-13/h1,5-8,13,15H,4,9-10H2,2H3. The molecule has 4 nitrogen and oxygen atoms in total. The van der Waals surface area contributed by atoms with E-state index in [1.807, 2.05) is 31.2 Å². The van der Waals surface area contributed by atoms with Gasteiger partial charge in [0.1, 0.15) is 5.75 Å². The minimum atomic E-state index is -0.506. The summed E-state index contributed by atoms with van der Waals surface area (Å²) in [5.41, 5.74) is 0.918. The predicted octanol–water partition coefficient (Wildman–Crippen LogP) is 1.34. The molecule has 94 valence electrons. The van der Waals surface area contributed by atoms with Crippen LogP contribution in [0.15, 0.2) is 24.3 Å². The van der Waals surface area contributed by atoms with Crippen molar-refractivity contribution in [1.29, 1.82) is 0 Å². The van der Waals surface area contributed by atoms with Gasteiger partial charge in [0.25, 0.3) is 5.91 Å². The maximum atomic E-state index is 12.2. The first-order valence-electron chi connectivity index (χ1n) is 5.98. The van der Waals surface area contributed by atoms with E-state index in [2.05, 4.69) is 11.2 Å². The number of carbonyl (C=O) groups is 1. The zero-order chi connectivity index (χ0) is 13.0. The van der Waals surface area contributed by atoms with Crippen LogP contribution in [-0.2, 0) is 4.79 Å². The second kappa shape index (κ2) is 5.46. The molecule has 1 heterocycles. The molecule has 1 aliphatic heterocycles. The van der Waals surface area contributed by atoms with E-state index in [-0.39, 0.29) is 5.91 Å². The molecule has 0 fully saturated rings. The highest BCUT2D eigenvalue weighted by Crippen LogP contribution is 2.28. The van der Waals surface area contributed by atoms with Crippen molar-refractivity contribution in [2.75, 3.05) is 25.0 Å². The summed E-state index contributed by atoms with van der Waals surface area (Å²) in [4.78, 5) is 13.8. The molecule has 1 atom stereocenters. The second-order valence-corrected chi connectivity index (χ2v) is 4.04. The average Bonchev–Trinajstić information content (AvgIpc) is 2.43. The van der Waals surface area contributed by atoms with Gasteiger partial charge in [-0.2, -0.15) is 0 Å². The molecular weight excluding hydrogens is 228 g/mol. The number of rotatable bonds is 3. The normalized spacial score (nSPS) is 16.8. The van der Waals surface area contributed by atoms with E-state index in [0.717, 1.165) is 5.69 Å². The number of ether oxygens (including phenoxy) is 1. The van der Waals surface area contributed by atoms with E-state index in [1.165, 1.54) is 0 Å². The number of likely N-dealkylation sites (N-methyl/N-ethyl adjacent to an activating group) is 1. The lowest BCUT2D eigenvalue weighted by atomic mass is 10.2. The Morgan fingerprint density at radius 3 is 3.11 bits per heavy atom. The van der Waals surface area contributed by atoms with Gasteiger partial charge >= 0.3 is 0 Å². The highest BCUT2D eigenvalue weighted by molar-refractivity contribution is 5.83. The molecule has 2 rings (SSSR count). The number of terminal acetylenes is 1. The number of benzene rings is 1. The summed E-state index contributed by atoms with van der Waals surface area (Å²) < 4.78 is 5.70. The summed E-state index contributed by atoms with van der Waals surface area (Å²) in [7, 11) is 0. The lowest BCUT2D eigenvalue weighted by Gasteiger charge is -2.30. The number of anilines is 1. The maximum Gasteiger partial charge on any atom is 0.266 e. The molecule has 0 aliphatic carbocycles. The fraction of sp³-hybridized carbons (Fsp3) is 0.357. The first-order chi connectivity index (χ1) is 8.76. The van der Waals surface area contributed by atoms with Gasteiger partial charge in [-0.3, -0.25) is 4.79 Å². The minimum absolute atomic E-state index is 0.0718. The Bertz CT molecular complexity index is 479. The Kier molecular flexibility index (Phi) is 3.73. The fourth-order valence-electron chi connectivity index (χ4n) is 1.91. The summed E-state index contributed by atoms with van der Waals surface area (Å²) in [6, 6.07) is 7.58. The van der Waals surface area contributed by atoms with Gasteiger partial charge in [-0.25, -0.2) is 0 Å². The van der Waals surface area contributed by atoms with Gasteiger partial charge in [0.15, 0.2) is 6.10 Å². The van der Waals surface area contributed by atoms with Crippen LogP contribution in [-0.4, -0.2) is 36.5 Å². The monoisotopic (exact) mass is 244 g/mol. The van der Waals surface area contributed by atoms with E-state index >= 15 is 0 Å². The van der Waals surface area contributed by atoms with Crippen LogP contribution in [0.1, 0.15) is 6.92 Å². The van der Waals surface area contributed by atoms with Crippen LogP contribution >= 0.6 is 0 Å². The number of fused-ring (bicyclic) bond motifs is 1. The molecule has 0 bridgehead atoms. The highest BCUT2D eigenvalue weighted by Gasteiger charge is 2.28. The van der Waals surface area contributed by atoms with Gasteiger partial charge in [0.2, 0.25) is 0 Å². The SMILES string of the molecule is C#CCN(CC)C(=O)C1CNc2ccccc2O1. The van der Waals surface area contributed by atoms with E-state index in [0.29, 0.717) is 25.4 Å². The average molecular weight is 244 g/mol. The summed E-state index contributed by atoms with van der Waals surface area (Å²) in [5, 5.41) is 3.19. The molecule has 0 saturated carbocycles. The highest BCUT2D eigenvalue weighted by atomic mass is 16.5. The molecular formula is C14H16N2O2. The molecule has 1 aromatic carbocycles. The summed E-state index contributed by atoms with van der Waals surface area (Å²) in [6.45, 7) is 3.28. The second-order valence-electron chi connectivity index (χ2n) is 4.04. The summed E-state index contributed by atoms with van der Waals surface area (Å²) in [5.74, 6) is 3.12. The quantitative estimate of drug-likeness (QED) is 0.816. The van der Waals surface area contributed by atoms with Gasteiger partial charge in [0.05, 0.1) is 18.8 Å². The molecule has 4 heteroatoms. The topological polar surface area (TPSA) is 41.6 Å². The molecule has 1 unspecified atom stereocenters. The number of hydrogen-bond donors (Lipinski definition) is 1. The zero-order valence-corrected chi connectivity index (χ0v) is 10.3. The van der Waals surface area contributed by atoms with Crippen molar-refractivity contribution in [3.63, 3.8) is 0 Å². The van der Waals surface area contributed by atoms with E-state index < -0.39 is 6.10 Å². The van der Waals surface area contributed by atoms with Crippen molar-refractivity contribution in [2.45, 2.75) is 13.0 Å². The number of nitrogens with one attached hydrogen (secondary N) is 1. The zero-order valence-electron chi connectivity index (χ0n) is 10.3. The van der Waals surface area contributed by atoms with Gasteiger partial charge < -0.3 is 15.0 Å². The Morgan fingerprint density at radius 2 is 2.39 bits per heavy atom. The van der Waals surface area contributed by atoms with Crippen molar-refractivity contribution in [2.24, 2.45) is 0 Å². The van der Waals surface area contributed by atoms with Gasteiger partial charge in [0, 0.05) is 6.54 Å². The number of amides is 1. The predicted molar refractivity (Wildman–Crippen MR) is 70.4 cm³/mol. The maximum absolute atomic E-state index is 12.2. The third kappa shape index (κ3) is 2.40. The van der Waals surface area contributed by atoms with Gasteiger partial charge in [-0.05, 0) is 19.1 Å². The van der Waals surface area contributed by atoms with Crippen LogP contribution in [0.4, 0.5) is 5.69 Å². The molecule has 0 aromatic heterocycles. The smallest absolute Gasteiger partial charge is 0.266 e. The molecule has 18 heavy (non-hydrogen) atoms.